The lowest BCUT2D eigenvalue weighted by molar-refractivity contribution is -0.144. The number of hydrogen-bond acceptors (Lipinski definition) is 6. The van der Waals surface area contributed by atoms with Crippen LogP contribution in [0.5, 0.6) is 0 Å². The molecule has 0 radical (unpaired) electrons. The molecule has 4 rings (SSSR count). The average molecular weight is 532 g/mol. The van der Waals surface area contributed by atoms with Crippen LogP contribution in [-0.4, -0.2) is 71.1 Å². The van der Waals surface area contributed by atoms with E-state index in [-0.39, 0.29) is 36.0 Å². The van der Waals surface area contributed by atoms with Gasteiger partial charge in [-0.15, -0.1) is 0 Å². The van der Waals surface area contributed by atoms with Gasteiger partial charge in [-0.25, -0.2) is 0 Å². The molecule has 2 saturated carbocycles. The molecule has 10 heteroatoms. The molecule has 0 aromatic rings. The van der Waals surface area contributed by atoms with Gasteiger partial charge in [-0.1, -0.05) is 25.7 Å². The molecular weight excluding hydrogens is 486 g/mol. The number of rotatable bonds is 8. The van der Waals surface area contributed by atoms with E-state index in [9.17, 15) is 24.0 Å². The zero-order valence-electron chi connectivity index (χ0n) is 23.1. The van der Waals surface area contributed by atoms with Gasteiger partial charge in [0.1, 0.15) is 6.04 Å². The summed E-state index contributed by atoms with van der Waals surface area (Å²) in [5.41, 5.74) is 5.85. The molecule has 2 aliphatic carbocycles. The lowest BCUT2D eigenvalue weighted by Crippen LogP contribution is -2.58. The van der Waals surface area contributed by atoms with Gasteiger partial charge < -0.3 is 26.6 Å². The van der Waals surface area contributed by atoms with Crippen LogP contribution < -0.4 is 21.7 Å². The van der Waals surface area contributed by atoms with Crippen LogP contribution in [0.1, 0.15) is 85.0 Å². The Balaban J connectivity index is 1.53. The first-order chi connectivity index (χ1) is 18.0. The fraction of sp³-hybridized carbons (Fsp3) is 0.821. The van der Waals surface area contributed by atoms with Crippen molar-refractivity contribution in [2.45, 2.75) is 109 Å². The maximum atomic E-state index is 13.8. The Kier molecular flexibility index (Phi) is 8.79. The number of ketones is 1. The van der Waals surface area contributed by atoms with Gasteiger partial charge in [0.05, 0.1) is 12.1 Å². The summed E-state index contributed by atoms with van der Waals surface area (Å²) in [5, 5.41) is 8.25. The predicted molar refractivity (Wildman–Crippen MR) is 141 cm³/mol. The summed E-state index contributed by atoms with van der Waals surface area (Å²) >= 11 is 0. The fourth-order valence-electron chi connectivity index (χ4n) is 6.96. The van der Waals surface area contributed by atoms with Crippen molar-refractivity contribution in [2.75, 3.05) is 13.1 Å². The number of hydrogen-bond donors (Lipinski definition) is 4. The number of nitrogens with two attached hydrogens (primary N) is 1. The minimum absolute atomic E-state index is 0.00596. The van der Waals surface area contributed by atoms with Gasteiger partial charge in [-0.05, 0) is 77.0 Å². The Morgan fingerprint density at radius 2 is 1.74 bits per heavy atom. The number of carbonyl (C=O) groups excluding carboxylic acids is 5. The van der Waals surface area contributed by atoms with E-state index in [1.807, 2.05) is 0 Å². The molecule has 4 fully saturated rings. The third-order valence-corrected chi connectivity index (χ3v) is 8.91. The highest BCUT2D eigenvalue weighted by atomic mass is 16.2. The second-order valence-electron chi connectivity index (χ2n) is 12.9. The fourth-order valence-corrected chi connectivity index (χ4v) is 6.96. The van der Waals surface area contributed by atoms with Crippen molar-refractivity contribution in [1.82, 2.24) is 20.9 Å². The quantitative estimate of drug-likeness (QED) is 0.343. The number of likely N-dealkylation sites (tertiary alicyclic amines) is 1. The molecule has 0 bridgehead atoms. The maximum absolute atomic E-state index is 13.8. The minimum atomic E-state index is -1.15. The summed E-state index contributed by atoms with van der Waals surface area (Å²) in [4.78, 5) is 67.5. The molecule has 5 N–H and O–H groups in total. The zero-order chi connectivity index (χ0) is 27.6. The molecule has 212 valence electrons. The van der Waals surface area contributed by atoms with Crippen LogP contribution in [0.25, 0.3) is 0 Å². The first kappa shape index (κ1) is 28.5. The van der Waals surface area contributed by atoms with E-state index < -0.39 is 47.2 Å². The topological polar surface area (TPSA) is 151 Å². The summed E-state index contributed by atoms with van der Waals surface area (Å²) in [6.45, 7) is 6.31. The lowest BCUT2D eigenvalue weighted by atomic mass is 9.83. The SMILES string of the molecule is CC(C)(C)NC(=O)C(=O)[C@H](C[C@@H]1CCNC1=O)NC(=O)[C@@H]1[C@H]2CCC[C@H]2CN1C(=O)[C@@H](N)C1CCCCC1. The van der Waals surface area contributed by atoms with Crippen LogP contribution in [0.15, 0.2) is 0 Å². The molecule has 0 aromatic carbocycles. The number of fused-ring (bicyclic) bond motifs is 1. The summed E-state index contributed by atoms with van der Waals surface area (Å²) in [7, 11) is 0. The van der Waals surface area contributed by atoms with Gasteiger partial charge in [0.25, 0.3) is 5.91 Å². The van der Waals surface area contributed by atoms with Crippen LogP contribution in [0.4, 0.5) is 0 Å². The first-order valence-electron chi connectivity index (χ1n) is 14.5. The van der Waals surface area contributed by atoms with Crippen LogP contribution in [-0.2, 0) is 24.0 Å². The highest BCUT2D eigenvalue weighted by Gasteiger charge is 2.51. The number of amides is 4. The largest absolute Gasteiger partial charge is 0.356 e. The zero-order valence-corrected chi connectivity index (χ0v) is 23.1. The number of nitrogens with zero attached hydrogens (tertiary/aromatic N) is 1. The maximum Gasteiger partial charge on any atom is 0.290 e. The highest BCUT2D eigenvalue weighted by Crippen LogP contribution is 2.43. The summed E-state index contributed by atoms with van der Waals surface area (Å²) in [6.07, 6.45) is 8.50. The van der Waals surface area contributed by atoms with E-state index in [1.165, 1.54) is 0 Å². The summed E-state index contributed by atoms with van der Waals surface area (Å²) in [6, 6.07) is -2.51. The molecule has 6 atom stereocenters. The van der Waals surface area contributed by atoms with Crippen LogP contribution in [0.3, 0.4) is 0 Å². The van der Waals surface area contributed by atoms with Crippen molar-refractivity contribution >= 4 is 29.4 Å². The van der Waals surface area contributed by atoms with Crippen molar-refractivity contribution in [1.29, 1.82) is 0 Å². The van der Waals surface area contributed by atoms with E-state index in [2.05, 4.69) is 16.0 Å². The summed E-state index contributed by atoms with van der Waals surface area (Å²) in [5.74, 6) is -2.47. The van der Waals surface area contributed by atoms with E-state index in [0.717, 1.165) is 51.4 Å². The minimum Gasteiger partial charge on any atom is -0.356 e. The predicted octanol–water partition coefficient (Wildman–Crippen LogP) is 1.02. The highest BCUT2D eigenvalue weighted by molar-refractivity contribution is 6.38. The number of nitrogens with one attached hydrogen (secondary N) is 3. The normalized spacial score (nSPS) is 29.4. The molecule has 2 aliphatic heterocycles. The molecule has 0 aromatic heterocycles. The van der Waals surface area contributed by atoms with Crippen molar-refractivity contribution in [3.63, 3.8) is 0 Å². The van der Waals surface area contributed by atoms with Gasteiger partial charge in [0.2, 0.25) is 23.5 Å². The summed E-state index contributed by atoms with van der Waals surface area (Å²) < 4.78 is 0. The smallest absolute Gasteiger partial charge is 0.290 e. The number of carbonyl (C=O) groups is 5. The molecule has 0 unspecified atom stereocenters. The third-order valence-electron chi connectivity index (χ3n) is 8.91. The van der Waals surface area contributed by atoms with Gasteiger partial charge in [0, 0.05) is 24.5 Å². The van der Waals surface area contributed by atoms with E-state index >= 15 is 0 Å². The van der Waals surface area contributed by atoms with Crippen LogP contribution in [0, 0.1) is 23.7 Å². The monoisotopic (exact) mass is 531 g/mol. The van der Waals surface area contributed by atoms with E-state index in [1.54, 1.807) is 25.7 Å². The molecule has 2 saturated heterocycles. The Labute approximate surface area is 225 Å². The van der Waals surface area contributed by atoms with Crippen molar-refractivity contribution in [3.05, 3.63) is 0 Å². The van der Waals surface area contributed by atoms with E-state index in [4.69, 9.17) is 5.73 Å². The lowest BCUT2D eigenvalue weighted by Gasteiger charge is -2.34. The van der Waals surface area contributed by atoms with Crippen LogP contribution >= 0.6 is 0 Å². The van der Waals surface area contributed by atoms with Gasteiger partial charge in [-0.2, -0.15) is 0 Å². The van der Waals surface area contributed by atoms with Crippen molar-refractivity contribution in [3.8, 4) is 0 Å². The van der Waals surface area contributed by atoms with Gasteiger partial charge in [-0.3, -0.25) is 24.0 Å². The van der Waals surface area contributed by atoms with Crippen LogP contribution in [0.2, 0.25) is 0 Å². The molecule has 4 amide bonds. The Morgan fingerprint density at radius 1 is 1.03 bits per heavy atom. The molecule has 38 heavy (non-hydrogen) atoms. The van der Waals surface area contributed by atoms with E-state index in [0.29, 0.717) is 19.5 Å². The van der Waals surface area contributed by atoms with Gasteiger partial charge >= 0.3 is 0 Å². The molecule has 2 heterocycles. The Bertz CT molecular complexity index is 940. The molecule has 4 aliphatic rings. The molecule has 0 spiro atoms. The van der Waals surface area contributed by atoms with Gasteiger partial charge in [0.15, 0.2) is 0 Å². The second kappa shape index (κ2) is 11.7. The number of Topliss-reactive ketones (excluding diaryl/α,β-unsaturated/α-hetero) is 1. The Morgan fingerprint density at radius 3 is 2.37 bits per heavy atom. The third kappa shape index (κ3) is 6.38. The standard InChI is InChI=1S/C28H45N5O5/c1-28(2,3)32-26(37)23(34)20(14-17-12-13-30-24(17)35)31-25(36)22-19-11-7-10-18(19)15-33(22)27(38)21(29)16-8-5-4-6-9-16/h16-22H,4-15,29H2,1-3H3,(H,30,35)(H,31,36)(H,32,37)/t17-,18-,19-,20-,21-,22-/m0/s1. The van der Waals surface area contributed by atoms with Crippen molar-refractivity contribution in [2.24, 2.45) is 29.4 Å². The second-order valence-corrected chi connectivity index (χ2v) is 12.9. The van der Waals surface area contributed by atoms with Crippen molar-refractivity contribution < 1.29 is 24.0 Å². The Hall–Kier alpha value is -2.49. The molecular formula is C28H45N5O5. The average Bonchev–Trinajstić information content (AvgIpc) is 3.58. The molecule has 10 nitrogen and oxygen atoms in total. The first-order valence-corrected chi connectivity index (χ1v) is 14.5.